The zero-order chi connectivity index (χ0) is 26.7. The van der Waals surface area contributed by atoms with E-state index < -0.39 is 53.0 Å². The van der Waals surface area contributed by atoms with E-state index in [0.29, 0.717) is 24.2 Å². The smallest absolute Gasteiger partial charge is 0.257 e. The summed E-state index contributed by atoms with van der Waals surface area (Å²) in [5, 5.41) is 7.35. The van der Waals surface area contributed by atoms with E-state index in [4.69, 9.17) is 0 Å². The van der Waals surface area contributed by atoms with Gasteiger partial charge in [-0.3, -0.25) is 4.40 Å². The highest BCUT2D eigenvalue weighted by atomic mass is 19.3. The molecular weight excluding hydrogens is 503 g/mol. The van der Waals surface area contributed by atoms with Crippen LogP contribution in [0, 0.1) is 29.8 Å². The molecule has 0 spiro atoms. The first-order valence-electron chi connectivity index (χ1n) is 11.6. The molecule has 0 amide bonds. The van der Waals surface area contributed by atoms with Crippen molar-refractivity contribution in [2.75, 3.05) is 11.4 Å². The van der Waals surface area contributed by atoms with Crippen LogP contribution in [0.3, 0.4) is 0 Å². The maximum absolute atomic E-state index is 15.1. The summed E-state index contributed by atoms with van der Waals surface area (Å²) in [6.07, 6.45) is -2.12. The Kier molecular flexibility index (Phi) is 6.03. The molecule has 0 bridgehead atoms. The maximum atomic E-state index is 15.1. The van der Waals surface area contributed by atoms with Crippen LogP contribution < -0.4 is 4.90 Å². The van der Waals surface area contributed by atoms with Crippen LogP contribution in [0.25, 0.3) is 16.7 Å². The molecule has 37 heavy (non-hydrogen) atoms. The SMILES string of the molecule is Cc1nnc2nc(N(CC(F)F)c3cc(F)cc(CCC4(C(C)(F)F)CC4)c3)c3c(F)c(F)ccc3n12. The zero-order valence-corrected chi connectivity index (χ0v) is 19.9. The van der Waals surface area contributed by atoms with Crippen LogP contribution >= 0.6 is 0 Å². The van der Waals surface area contributed by atoms with Crippen molar-refractivity contribution in [3.05, 3.63) is 59.2 Å². The molecular formula is C25H22F7N5. The van der Waals surface area contributed by atoms with E-state index >= 15 is 4.39 Å². The number of aryl methyl sites for hydroxylation is 2. The average Bonchev–Trinajstić information content (AvgIpc) is 3.54. The fourth-order valence-electron chi connectivity index (χ4n) is 4.82. The summed E-state index contributed by atoms with van der Waals surface area (Å²) in [6, 6.07) is 5.61. The number of anilines is 2. The van der Waals surface area contributed by atoms with Gasteiger partial charge in [0, 0.05) is 11.1 Å². The molecule has 0 atom stereocenters. The molecule has 1 fully saturated rings. The van der Waals surface area contributed by atoms with Crippen LogP contribution in [0.2, 0.25) is 0 Å². The average molecular weight is 525 g/mol. The number of aromatic nitrogens is 4. The van der Waals surface area contributed by atoms with Crippen LogP contribution in [-0.2, 0) is 6.42 Å². The first-order valence-corrected chi connectivity index (χ1v) is 11.6. The minimum absolute atomic E-state index is 0.0530. The maximum Gasteiger partial charge on any atom is 0.257 e. The van der Waals surface area contributed by atoms with E-state index in [1.165, 1.54) is 16.5 Å². The Balaban J connectivity index is 1.65. The molecule has 0 radical (unpaired) electrons. The topological polar surface area (TPSA) is 46.3 Å². The van der Waals surface area contributed by atoms with Gasteiger partial charge in [-0.25, -0.2) is 30.7 Å². The summed E-state index contributed by atoms with van der Waals surface area (Å²) in [5.74, 6) is -6.40. The van der Waals surface area contributed by atoms with E-state index in [2.05, 4.69) is 15.2 Å². The van der Waals surface area contributed by atoms with Crippen molar-refractivity contribution >= 4 is 28.2 Å². The second-order valence-corrected chi connectivity index (χ2v) is 9.56. The Morgan fingerprint density at radius 2 is 1.81 bits per heavy atom. The van der Waals surface area contributed by atoms with Gasteiger partial charge >= 0.3 is 0 Å². The van der Waals surface area contributed by atoms with Crippen LogP contribution in [0.5, 0.6) is 0 Å². The molecule has 0 saturated heterocycles. The van der Waals surface area contributed by atoms with E-state index in [1.807, 2.05) is 0 Å². The summed E-state index contributed by atoms with van der Waals surface area (Å²) in [5.41, 5.74) is -0.892. The predicted molar refractivity (Wildman–Crippen MR) is 123 cm³/mol. The van der Waals surface area contributed by atoms with Gasteiger partial charge in [0.1, 0.15) is 17.5 Å². The summed E-state index contributed by atoms with van der Waals surface area (Å²) >= 11 is 0. The van der Waals surface area contributed by atoms with Crippen molar-refractivity contribution in [3.63, 3.8) is 0 Å². The fraction of sp³-hybridized carbons (Fsp3) is 0.400. The minimum atomic E-state index is -2.97. The quantitative estimate of drug-likeness (QED) is 0.238. The lowest BCUT2D eigenvalue weighted by molar-refractivity contribution is -0.0577. The highest BCUT2D eigenvalue weighted by Gasteiger charge is 2.58. The van der Waals surface area contributed by atoms with E-state index in [1.54, 1.807) is 6.92 Å². The number of rotatable bonds is 8. The summed E-state index contributed by atoms with van der Waals surface area (Å²) < 4.78 is 101. The third-order valence-corrected chi connectivity index (χ3v) is 7.06. The number of alkyl halides is 4. The minimum Gasteiger partial charge on any atom is -0.320 e. The molecule has 2 aromatic heterocycles. The van der Waals surface area contributed by atoms with Crippen molar-refractivity contribution < 1.29 is 30.7 Å². The second-order valence-electron chi connectivity index (χ2n) is 9.56. The molecule has 5 rings (SSSR count). The largest absolute Gasteiger partial charge is 0.320 e. The second kappa shape index (κ2) is 8.84. The molecule has 0 unspecified atom stereocenters. The number of benzene rings is 2. The number of hydrogen-bond donors (Lipinski definition) is 0. The van der Waals surface area contributed by atoms with Gasteiger partial charge in [0.25, 0.3) is 18.1 Å². The van der Waals surface area contributed by atoms with Gasteiger partial charge in [0.15, 0.2) is 11.6 Å². The van der Waals surface area contributed by atoms with Gasteiger partial charge in [-0.1, -0.05) is 0 Å². The Labute approximate surface area is 206 Å². The Morgan fingerprint density at radius 3 is 2.46 bits per heavy atom. The lowest BCUT2D eigenvalue weighted by Crippen LogP contribution is -2.27. The number of hydrogen-bond acceptors (Lipinski definition) is 4. The summed E-state index contributed by atoms with van der Waals surface area (Å²) in [6.45, 7) is 1.39. The third-order valence-electron chi connectivity index (χ3n) is 7.06. The number of nitrogens with zero attached hydrogens (tertiary/aromatic N) is 5. The monoisotopic (exact) mass is 525 g/mol. The van der Waals surface area contributed by atoms with Gasteiger partial charge < -0.3 is 4.90 Å². The third kappa shape index (κ3) is 4.46. The molecule has 12 heteroatoms. The lowest BCUT2D eigenvalue weighted by Gasteiger charge is -2.26. The standard InChI is InChI=1S/C25H22F7N5/c1-13-34-35-23-33-22(20-18(37(13)23)4-3-17(27)21(20)30)36(12-19(28)29)16-10-14(9-15(26)11-16)5-6-25(7-8-25)24(2,31)32/h3-4,9-11,19H,5-8,12H2,1-2H3. The molecule has 196 valence electrons. The van der Waals surface area contributed by atoms with Gasteiger partial charge in [0.05, 0.1) is 17.4 Å². The van der Waals surface area contributed by atoms with Crippen molar-refractivity contribution in [2.24, 2.45) is 5.41 Å². The van der Waals surface area contributed by atoms with Gasteiger partial charge in [0.2, 0.25) is 0 Å². The van der Waals surface area contributed by atoms with Gasteiger partial charge in [-0.05, 0) is 75.4 Å². The van der Waals surface area contributed by atoms with Gasteiger partial charge in [-0.2, -0.15) is 4.98 Å². The van der Waals surface area contributed by atoms with E-state index in [0.717, 1.165) is 30.0 Å². The van der Waals surface area contributed by atoms with Crippen molar-refractivity contribution in [2.45, 2.75) is 51.9 Å². The van der Waals surface area contributed by atoms with Crippen molar-refractivity contribution in [1.82, 2.24) is 19.6 Å². The molecule has 5 nitrogen and oxygen atoms in total. The fourth-order valence-corrected chi connectivity index (χ4v) is 4.82. The highest BCUT2D eigenvalue weighted by molar-refractivity contribution is 5.94. The van der Waals surface area contributed by atoms with Crippen LogP contribution in [0.15, 0.2) is 30.3 Å². The van der Waals surface area contributed by atoms with Gasteiger partial charge in [-0.15, -0.1) is 10.2 Å². The summed E-state index contributed by atoms with van der Waals surface area (Å²) in [4.78, 5) is 5.08. The van der Waals surface area contributed by atoms with Crippen molar-refractivity contribution in [3.8, 4) is 0 Å². The molecule has 2 heterocycles. The van der Waals surface area contributed by atoms with Crippen LogP contribution in [-0.4, -0.2) is 38.5 Å². The molecule has 1 aliphatic carbocycles. The lowest BCUT2D eigenvalue weighted by atomic mass is 9.91. The van der Waals surface area contributed by atoms with Crippen LogP contribution in [0.4, 0.5) is 42.2 Å². The first-order chi connectivity index (χ1) is 17.4. The van der Waals surface area contributed by atoms with E-state index in [-0.39, 0.29) is 29.8 Å². The van der Waals surface area contributed by atoms with E-state index in [9.17, 15) is 26.3 Å². The molecule has 0 N–H and O–H groups in total. The zero-order valence-electron chi connectivity index (χ0n) is 19.9. The normalized spacial score (nSPS) is 15.2. The van der Waals surface area contributed by atoms with Crippen LogP contribution in [0.1, 0.15) is 37.6 Å². The number of fused-ring (bicyclic) bond motifs is 3. The predicted octanol–water partition coefficient (Wildman–Crippen LogP) is 6.77. The molecule has 2 aromatic carbocycles. The summed E-state index contributed by atoms with van der Waals surface area (Å²) in [7, 11) is 0. The molecule has 4 aromatic rings. The Bertz CT molecular complexity index is 1490. The molecule has 1 aliphatic rings. The first kappa shape index (κ1) is 25.2. The molecule has 0 aliphatic heterocycles. The number of halogens is 7. The Morgan fingerprint density at radius 1 is 1.08 bits per heavy atom. The molecule has 1 saturated carbocycles. The highest BCUT2D eigenvalue weighted by Crippen LogP contribution is 2.59. The van der Waals surface area contributed by atoms with Crippen molar-refractivity contribution in [1.29, 1.82) is 0 Å². The Hall–Kier alpha value is -3.44.